The molecule has 1 aliphatic rings. The molecule has 1 fully saturated rings. The van der Waals surface area contributed by atoms with Crippen LogP contribution in [-0.2, 0) is 16.6 Å². The largest absolute Gasteiger partial charge is 0.302 e. The van der Waals surface area contributed by atoms with Crippen LogP contribution in [0.1, 0.15) is 31.7 Å². The first kappa shape index (κ1) is 12.4. The minimum atomic E-state index is -3.43. The lowest BCUT2D eigenvalue weighted by molar-refractivity contribution is 0.349. The van der Waals surface area contributed by atoms with E-state index in [2.05, 4.69) is 14.9 Å². The Labute approximate surface area is 102 Å². The molecule has 0 amide bonds. The minimum absolute atomic E-state index is 0.484. The maximum atomic E-state index is 12.1. The van der Waals surface area contributed by atoms with Crippen LogP contribution in [0.5, 0.6) is 0 Å². The normalized spacial score (nSPS) is 18.2. The van der Waals surface area contributed by atoms with Crippen LogP contribution in [0.3, 0.4) is 0 Å². The summed E-state index contributed by atoms with van der Waals surface area (Å²) < 4.78 is 28.2. The lowest BCUT2D eigenvalue weighted by Gasteiger charge is -2.25. The van der Waals surface area contributed by atoms with Crippen molar-refractivity contribution in [1.29, 1.82) is 0 Å². The standard InChI is InChI=1S/C10H18N4O2S/c1-2-9-8-11-12-10(9)13-17(15,16)14-6-4-3-5-7-14/h8H,2-7H2,1H3,(H2,11,12,13). The lowest BCUT2D eigenvalue weighted by Crippen LogP contribution is -2.39. The highest BCUT2D eigenvalue weighted by Crippen LogP contribution is 2.17. The molecule has 0 radical (unpaired) electrons. The van der Waals surface area contributed by atoms with Gasteiger partial charge in [0.15, 0.2) is 0 Å². The van der Waals surface area contributed by atoms with Gasteiger partial charge in [-0.15, -0.1) is 0 Å². The van der Waals surface area contributed by atoms with E-state index in [0.29, 0.717) is 18.9 Å². The van der Waals surface area contributed by atoms with Gasteiger partial charge in [0.1, 0.15) is 5.82 Å². The molecule has 7 heteroatoms. The minimum Gasteiger partial charge on any atom is -0.262 e. The summed E-state index contributed by atoms with van der Waals surface area (Å²) in [7, 11) is -3.43. The Balaban J connectivity index is 2.11. The van der Waals surface area contributed by atoms with Crippen LogP contribution in [-0.4, -0.2) is 36.0 Å². The molecule has 0 saturated carbocycles. The highest BCUT2D eigenvalue weighted by atomic mass is 32.2. The molecule has 1 aromatic rings. The van der Waals surface area contributed by atoms with Gasteiger partial charge in [0.2, 0.25) is 0 Å². The van der Waals surface area contributed by atoms with E-state index in [1.807, 2.05) is 6.92 Å². The van der Waals surface area contributed by atoms with Crippen molar-refractivity contribution < 1.29 is 8.42 Å². The second-order valence-electron chi connectivity index (χ2n) is 4.19. The van der Waals surface area contributed by atoms with E-state index in [0.717, 1.165) is 31.2 Å². The van der Waals surface area contributed by atoms with Gasteiger partial charge in [-0.1, -0.05) is 13.3 Å². The molecule has 1 aromatic heterocycles. The average molecular weight is 258 g/mol. The number of H-pyrrole nitrogens is 1. The molecule has 2 rings (SSSR count). The Bertz CT molecular complexity index is 462. The monoisotopic (exact) mass is 258 g/mol. The molecular weight excluding hydrogens is 240 g/mol. The van der Waals surface area contributed by atoms with Crippen molar-refractivity contribution in [3.05, 3.63) is 11.8 Å². The fourth-order valence-corrected chi connectivity index (χ4v) is 3.27. The Morgan fingerprint density at radius 2 is 2.12 bits per heavy atom. The van der Waals surface area contributed by atoms with Crippen LogP contribution in [0.15, 0.2) is 6.20 Å². The Hall–Kier alpha value is -1.08. The van der Waals surface area contributed by atoms with E-state index in [-0.39, 0.29) is 0 Å². The first-order valence-electron chi connectivity index (χ1n) is 5.93. The highest BCUT2D eigenvalue weighted by Gasteiger charge is 2.24. The SMILES string of the molecule is CCc1cn[nH]c1NS(=O)(=O)N1CCCCC1. The summed E-state index contributed by atoms with van der Waals surface area (Å²) in [6.45, 7) is 3.17. The molecule has 0 atom stereocenters. The summed E-state index contributed by atoms with van der Waals surface area (Å²) in [6.07, 6.45) is 5.37. The van der Waals surface area contributed by atoms with E-state index < -0.39 is 10.2 Å². The molecule has 1 aliphatic heterocycles. The number of nitrogens with one attached hydrogen (secondary N) is 2. The van der Waals surface area contributed by atoms with Crippen molar-refractivity contribution >= 4 is 16.0 Å². The zero-order chi connectivity index (χ0) is 12.3. The molecule has 0 unspecified atom stereocenters. The van der Waals surface area contributed by atoms with Crippen LogP contribution in [0.2, 0.25) is 0 Å². The quantitative estimate of drug-likeness (QED) is 0.849. The topological polar surface area (TPSA) is 78.1 Å². The van der Waals surface area contributed by atoms with Crippen LogP contribution < -0.4 is 4.72 Å². The molecule has 0 aromatic carbocycles. The number of aryl methyl sites for hydroxylation is 1. The molecule has 0 spiro atoms. The zero-order valence-electron chi connectivity index (χ0n) is 9.94. The molecule has 6 nitrogen and oxygen atoms in total. The van der Waals surface area contributed by atoms with Gasteiger partial charge in [0.25, 0.3) is 0 Å². The van der Waals surface area contributed by atoms with E-state index in [1.165, 1.54) is 4.31 Å². The fraction of sp³-hybridized carbons (Fsp3) is 0.700. The molecule has 0 aliphatic carbocycles. The third-order valence-corrected chi connectivity index (χ3v) is 4.49. The van der Waals surface area contributed by atoms with Crippen molar-refractivity contribution in [2.24, 2.45) is 0 Å². The second-order valence-corrected chi connectivity index (χ2v) is 5.86. The number of anilines is 1. The first-order valence-corrected chi connectivity index (χ1v) is 7.37. The van der Waals surface area contributed by atoms with Crippen molar-refractivity contribution in [3.63, 3.8) is 0 Å². The smallest absolute Gasteiger partial charge is 0.262 e. The first-order chi connectivity index (χ1) is 8.13. The van der Waals surface area contributed by atoms with Gasteiger partial charge in [-0.25, -0.2) is 0 Å². The van der Waals surface area contributed by atoms with Gasteiger partial charge in [-0.3, -0.25) is 9.82 Å². The summed E-state index contributed by atoms with van der Waals surface area (Å²) in [4.78, 5) is 0. The summed E-state index contributed by atoms with van der Waals surface area (Å²) in [5, 5.41) is 6.54. The van der Waals surface area contributed by atoms with Crippen LogP contribution in [0, 0.1) is 0 Å². The maximum absolute atomic E-state index is 12.1. The number of nitrogens with zero attached hydrogens (tertiary/aromatic N) is 2. The van der Waals surface area contributed by atoms with Gasteiger partial charge >= 0.3 is 10.2 Å². The maximum Gasteiger partial charge on any atom is 0.302 e. The van der Waals surface area contributed by atoms with Crippen molar-refractivity contribution in [1.82, 2.24) is 14.5 Å². The lowest BCUT2D eigenvalue weighted by atomic mass is 10.2. The van der Waals surface area contributed by atoms with Crippen LogP contribution >= 0.6 is 0 Å². The van der Waals surface area contributed by atoms with Gasteiger partial charge in [-0.2, -0.15) is 17.8 Å². The number of aromatic nitrogens is 2. The number of hydrogen-bond acceptors (Lipinski definition) is 3. The molecule has 17 heavy (non-hydrogen) atoms. The van der Waals surface area contributed by atoms with E-state index >= 15 is 0 Å². The van der Waals surface area contributed by atoms with Crippen molar-refractivity contribution in [3.8, 4) is 0 Å². The predicted octanol–water partition coefficient (Wildman–Crippen LogP) is 1.11. The summed E-state index contributed by atoms with van der Waals surface area (Å²) in [5.41, 5.74) is 0.880. The third kappa shape index (κ3) is 2.78. The predicted molar refractivity (Wildman–Crippen MR) is 65.9 cm³/mol. The molecule has 2 N–H and O–H groups in total. The zero-order valence-corrected chi connectivity index (χ0v) is 10.8. The van der Waals surface area contributed by atoms with Gasteiger partial charge in [-0.05, 0) is 19.3 Å². The molecular formula is C10H18N4O2S. The summed E-state index contributed by atoms with van der Waals surface area (Å²) >= 11 is 0. The number of hydrogen-bond donors (Lipinski definition) is 2. The van der Waals surface area contributed by atoms with E-state index in [4.69, 9.17) is 0 Å². The van der Waals surface area contributed by atoms with Crippen LogP contribution in [0.4, 0.5) is 5.82 Å². The van der Waals surface area contributed by atoms with Gasteiger partial charge < -0.3 is 0 Å². The average Bonchev–Trinajstić information content (AvgIpc) is 2.77. The summed E-state index contributed by atoms with van der Waals surface area (Å²) in [5.74, 6) is 0.484. The van der Waals surface area contributed by atoms with Crippen molar-refractivity contribution in [2.75, 3.05) is 17.8 Å². The Kier molecular flexibility index (Phi) is 3.68. The highest BCUT2D eigenvalue weighted by molar-refractivity contribution is 7.90. The van der Waals surface area contributed by atoms with E-state index in [1.54, 1.807) is 6.20 Å². The number of aromatic amines is 1. The molecule has 0 bridgehead atoms. The third-order valence-electron chi connectivity index (χ3n) is 2.98. The molecule has 2 heterocycles. The van der Waals surface area contributed by atoms with Crippen molar-refractivity contribution in [2.45, 2.75) is 32.6 Å². The number of rotatable bonds is 4. The van der Waals surface area contributed by atoms with Gasteiger partial charge in [0.05, 0.1) is 6.20 Å². The van der Waals surface area contributed by atoms with Gasteiger partial charge in [0, 0.05) is 18.7 Å². The molecule has 96 valence electrons. The summed E-state index contributed by atoms with van der Waals surface area (Å²) in [6, 6.07) is 0. The van der Waals surface area contributed by atoms with Crippen LogP contribution in [0.25, 0.3) is 0 Å². The fourth-order valence-electron chi connectivity index (χ4n) is 1.97. The van der Waals surface area contributed by atoms with E-state index in [9.17, 15) is 8.42 Å². The Morgan fingerprint density at radius 1 is 1.41 bits per heavy atom. The Morgan fingerprint density at radius 3 is 2.76 bits per heavy atom. The molecule has 1 saturated heterocycles. The second kappa shape index (κ2) is 5.05. The number of piperidine rings is 1.